The second-order valence-corrected chi connectivity index (χ2v) is 28.6. The third-order valence-electron chi connectivity index (χ3n) is 22.9. The van der Waals surface area contributed by atoms with Crippen LogP contribution in [0.5, 0.6) is 23.0 Å². The van der Waals surface area contributed by atoms with Crippen molar-refractivity contribution in [2.75, 3.05) is 73.3 Å². The van der Waals surface area contributed by atoms with Gasteiger partial charge in [-0.05, 0) is 223 Å². The molecule has 8 aliphatic rings. The van der Waals surface area contributed by atoms with E-state index in [4.69, 9.17) is 15.2 Å². The number of rotatable bonds is 14. The highest BCUT2D eigenvalue weighted by molar-refractivity contribution is 6.03. The van der Waals surface area contributed by atoms with E-state index in [-0.39, 0.29) is 92.4 Å². The topological polar surface area (TPSA) is 280 Å². The van der Waals surface area contributed by atoms with Crippen LogP contribution in [0.4, 0.5) is 37.5 Å². The Morgan fingerprint density at radius 3 is 1.46 bits per heavy atom. The fourth-order valence-electron chi connectivity index (χ4n) is 17.6. The lowest BCUT2D eigenvalue weighted by atomic mass is 9.79. The second-order valence-electron chi connectivity index (χ2n) is 28.6. The number of piperidine rings is 4. The van der Waals surface area contributed by atoms with Crippen LogP contribution < -0.4 is 41.0 Å². The Balaban J connectivity index is 0.569. The van der Waals surface area contributed by atoms with Crippen LogP contribution in [0.25, 0.3) is 45.0 Å². The van der Waals surface area contributed by atoms with Crippen molar-refractivity contribution >= 4 is 52.3 Å². The molecule has 4 aromatic heterocycles. The van der Waals surface area contributed by atoms with Gasteiger partial charge in [0.15, 0.2) is 23.3 Å². The Bertz CT molecular complexity index is 4550. The highest BCUT2D eigenvalue weighted by Crippen LogP contribution is 2.49. The van der Waals surface area contributed by atoms with Crippen LogP contribution in [-0.2, 0) is 19.2 Å². The van der Waals surface area contributed by atoms with Crippen LogP contribution >= 0.6 is 0 Å². The average Bonchev–Trinajstić information content (AvgIpc) is 0.790. The number of aromatic nitrogens is 6. The molecule has 6 aliphatic heterocycles. The van der Waals surface area contributed by atoms with Crippen LogP contribution in [0, 0.1) is 11.6 Å². The standard InChI is InChI=1S/C78H82F2N14O8/c79-69-51(46-27-33-91(34-28-46)49-16-11-44(12-17-49)53-6-3-8-61-73(53)101-39-37-93(61)63-21-23-67(97)85-77(63)99)25-31-82-71(69)57-42-59(87-89-75(57)81)56-20-15-48(41-66(56)96)84-76-58(43-60(88-90-76)55-5-1-2-10-65(55)95)72-70(80)52(26-32-83-72)47-29-35-92(36-30-47)50-18-13-45(14-19-50)54-7-4-9-62-74(54)102-40-38-94(62)64-22-24-68(98)86-78(64)100/h1-10,15,20,25-26,31-32,41-47,49-50,63-64,95-96H,11-14,16-19,21-24,27-30,33-40H2,(H2,81,89)(H,84,90)(H,85,97,99)(H,86,98,100)/t44?,45?,49?,50?,63?,64-/m1/s1. The van der Waals surface area contributed by atoms with Gasteiger partial charge in [0, 0.05) is 65.8 Å². The maximum Gasteiger partial charge on any atom is 0.249 e. The van der Waals surface area contributed by atoms with Crippen molar-refractivity contribution in [3.05, 3.63) is 149 Å². The molecule has 0 bridgehead atoms. The number of phenolic OH excluding ortho intramolecular Hbond substituents is 2. The van der Waals surface area contributed by atoms with E-state index < -0.39 is 23.7 Å². The number of ether oxygens (including phenoxy) is 2. The number of nitrogens with two attached hydrogens (primary N) is 1. The van der Waals surface area contributed by atoms with Gasteiger partial charge in [-0.25, -0.2) is 8.78 Å². The van der Waals surface area contributed by atoms with Gasteiger partial charge in [0.05, 0.1) is 41.4 Å². The summed E-state index contributed by atoms with van der Waals surface area (Å²) >= 11 is 0. The monoisotopic (exact) mass is 1380 g/mol. The number of para-hydroxylation sites is 3. The van der Waals surface area contributed by atoms with Gasteiger partial charge in [0.2, 0.25) is 23.6 Å². The van der Waals surface area contributed by atoms with E-state index in [1.165, 1.54) is 17.2 Å². The molecule has 526 valence electrons. The summed E-state index contributed by atoms with van der Waals surface area (Å²) in [4.78, 5) is 68.2. The van der Waals surface area contributed by atoms with E-state index in [0.29, 0.717) is 104 Å². The molecule has 2 saturated carbocycles. The summed E-state index contributed by atoms with van der Waals surface area (Å²) in [6.45, 7) is 5.38. The summed E-state index contributed by atoms with van der Waals surface area (Å²) in [5.74, 6) is 0.172. The van der Waals surface area contributed by atoms with Crippen molar-refractivity contribution < 1.29 is 47.6 Å². The first-order valence-corrected chi connectivity index (χ1v) is 36.2. The summed E-state index contributed by atoms with van der Waals surface area (Å²) in [6, 6.07) is 30.7. The number of carbonyl (C=O) groups is 4. The molecule has 4 amide bonds. The molecular weight excluding hydrogens is 1300 g/mol. The molecule has 0 spiro atoms. The minimum atomic E-state index is -0.480. The van der Waals surface area contributed by atoms with E-state index in [0.717, 1.165) is 126 Å². The van der Waals surface area contributed by atoms with Gasteiger partial charge in [-0.2, -0.15) is 0 Å². The number of amides is 4. The molecule has 4 aromatic carbocycles. The first-order chi connectivity index (χ1) is 49.8. The predicted molar refractivity (Wildman–Crippen MR) is 380 cm³/mol. The number of fused-ring (bicyclic) bond motifs is 2. The van der Waals surface area contributed by atoms with Crippen LogP contribution in [-0.4, -0.2) is 151 Å². The molecule has 24 heteroatoms. The number of nitrogens with zero attached hydrogens (tertiary/aromatic N) is 10. The lowest BCUT2D eigenvalue weighted by Gasteiger charge is -2.42. The summed E-state index contributed by atoms with van der Waals surface area (Å²) in [6.07, 6.45) is 15.9. The average molecular weight is 1380 g/mol. The zero-order valence-electron chi connectivity index (χ0n) is 56.7. The number of anilines is 5. The number of hydrogen-bond donors (Lipinski definition) is 6. The minimum absolute atomic E-state index is 0.0228. The van der Waals surface area contributed by atoms with Gasteiger partial charge >= 0.3 is 0 Å². The fourth-order valence-corrected chi connectivity index (χ4v) is 17.6. The number of benzene rings is 4. The molecular formula is C78H82F2N14O8. The quantitative estimate of drug-likeness (QED) is 0.0552. The van der Waals surface area contributed by atoms with E-state index in [1.807, 2.05) is 12.1 Å². The molecule has 8 aromatic rings. The van der Waals surface area contributed by atoms with Gasteiger partial charge in [0.25, 0.3) is 0 Å². The smallest absolute Gasteiger partial charge is 0.249 e. The Morgan fingerprint density at radius 1 is 0.471 bits per heavy atom. The van der Waals surface area contributed by atoms with Gasteiger partial charge in [-0.1, -0.05) is 36.4 Å². The molecule has 22 nitrogen and oxygen atoms in total. The molecule has 102 heavy (non-hydrogen) atoms. The van der Waals surface area contributed by atoms with Gasteiger partial charge in [0.1, 0.15) is 59.7 Å². The molecule has 6 fully saturated rings. The summed E-state index contributed by atoms with van der Waals surface area (Å²) in [5, 5.41) is 48.6. The van der Waals surface area contributed by atoms with E-state index in [1.54, 1.807) is 73.1 Å². The maximum atomic E-state index is 17.5. The number of hydrogen-bond acceptors (Lipinski definition) is 20. The first kappa shape index (κ1) is 66.4. The van der Waals surface area contributed by atoms with Crippen molar-refractivity contribution in [1.29, 1.82) is 0 Å². The van der Waals surface area contributed by atoms with Gasteiger partial charge in [-0.15, -0.1) is 20.4 Å². The largest absolute Gasteiger partial charge is 0.507 e. The molecule has 16 rings (SSSR count). The molecule has 10 heterocycles. The number of carbonyl (C=O) groups excluding carboxylic acids is 4. The Morgan fingerprint density at radius 2 is 0.951 bits per heavy atom. The van der Waals surface area contributed by atoms with Crippen molar-refractivity contribution in [2.45, 2.75) is 151 Å². The van der Waals surface area contributed by atoms with Gasteiger partial charge < -0.3 is 50.3 Å². The molecule has 7 N–H and O–H groups in total. The van der Waals surface area contributed by atoms with E-state index in [9.17, 15) is 29.4 Å². The third kappa shape index (κ3) is 13.0. The lowest BCUT2D eigenvalue weighted by molar-refractivity contribution is -0.135. The Labute approximate surface area is 589 Å². The molecule has 4 saturated heterocycles. The second kappa shape index (κ2) is 28.3. The number of imide groups is 2. The zero-order valence-corrected chi connectivity index (χ0v) is 56.7. The van der Waals surface area contributed by atoms with Crippen LogP contribution in [0.1, 0.15) is 149 Å². The number of nitrogens with one attached hydrogen (secondary N) is 3. The summed E-state index contributed by atoms with van der Waals surface area (Å²) in [5.41, 5.74) is 13.9. The minimum Gasteiger partial charge on any atom is -0.507 e. The summed E-state index contributed by atoms with van der Waals surface area (Å²) in [7, 11) is 0. The van der Waals surface area contributed by atoms with E-state index in [2.05, 4.69) is 90.2 Å². The van der Waals surface area contributed by atoms with Crippen molar-refractivity contribution in [1.82, 2.24) is 50.8 Å². The molecule has 2 aliphatic carbocycles. The van der Waals surface area contributed by atoms with Gasteiger partial charge in [-0.3, -0.25) is 39.8 Å². The van der Waals surface area contributed by atoms with Crippen LogP contribution in [0.15, 0.2) is 116 Å². The summed E-state index contributed by atoms with van der Waals surface area (Å²) < 4.78 is 47.2. The van der Waals surface area contributed by atoms with Crippen LogP contribution in [0.2, 0.25) is 0 Å². The van der Waals surface area contributed by atoms with E-state index >= 15 is 8.78 Å². The van der Waals surface area contributed by atoms with Crippen LogP contribution in [0.3, 0.4) is 0 Å². The number of likely N-dealkylation sites (tertiary alicyclic amines) is 2. The maximum absolute atomic E-state index is 17.5. The Hall–Kier alpha value is -10.2. The number of nitrogen functional groups attached to an aromatic ring is 1. The number of aromatic hydroxyl groups is 2. The highest BCUT2D eigenvalue weighted by atomic mass is 19.1. The Kier molecular flexibility index (Phi) is 18.4. The molecule has 2 atom stereocenters. The van der Waals surface area contributed by atoms with Crippen molar-refractivity contribution in [2.24, 2.45) is 0 Å². The van der Waals surface area contributed by atoms with Crippen molar-refractivity contribution in [3.63, 3.8) is 0 Å². The van der Waals surface area contributed by atoms with Crippen molar-refractivity contribution in [3.8, 4) is 68.0 Å². The molecule has 0 radical (unpaired) electrons. The predicted octanol–water partition coefficient (Wildman–Crippen LogP) is 11.6. The first-order valence-electron chi connectivity index (χ1n) is 36.2. The lowest BCUT2D eigenvalue weighted by Crippen LogP contribution is -2.54. The SMILES string of the molecule is Nc1nnc(-c2ccc(Nc3nnc(-c4ccccc4O)cc3-c3nccc(C4CCN(C5CCC(c6cccc7c6OCCN7[C@@H]6CCC(=O)NC6=O)CC5)CC4)c3F)cc2O)cc1-c1nccc(C2CCN(C3CCC(c4cccc5c4OCCN5C4CCC(=O)NC4=O)CC3)CC2)c1F. The zero-order chi connectivity index (χ0) is 69.7. The normalized spacial score (nSPS) is 23.2. The highest BCUT2D eigenvalue weighted by Gasteiger charge is 2.41. The number of pyridine rings is 2. The third-order valence-corrected chi connectivity index (χ3v) is 22.9. The number of phenols is 2. The fraction of sp³-hybridized carbons (Fsp3) is 0.410. The molecule has 1 unspecified atom stereocenters. The number of halogens is 2.